The van der Waals surface area contributed by atoms with Crippen LogP contribution in [0, 0.1) is 0 Å². The fourth-order valence-electron chi connectivity index (χ4n) is 2.47. The highest BCUT2D eigenvalue weighted by Gasteiger charge is 2.15. The van der Waals surface area contributed by atoms with Crippen LogP contribution < -0.4 is 10.1 Å². The fraction of sp³-hybridized carbons (Fsp3) is 0.294. The molecule has 1 aliphatic rings. The monoisotopic (exact) mass is 314 g/mol. The summed E-state index contributed by atoms with van der Waals surface area (Å²) in [4.78, 5) is 17.8. The molecular weight excluding hydrogens is 296 g/mol. The van der Waals surface area contributed by atoms with Crippen molar-refractivity contribution in [1.29, 1.82) is 0 Å². The third-order valence-electron chi connectivity index (χ3n) is 3.60. The summed E-state index contributed by atoms with van der Waals surface area (Å²) in [6.07, 6.45) is 7.82. The van der Waals surface area contributed by atoms with Crippen molar-refractivity contribution in [3.05, 3.63) is 46.5 Å². The molecule has 0 saturated carbocycles. The van der Waals surface area contributed by atoms with Crippen LogP contribution in [0.5, 0.6) is 5.75 Å². The van der Waals surface area contributed by atoms with Crippen molar-refractivity contribution in [3.8, 4) is 5.75 Å². The number of aryl methyl sites for hydroxylation is 2. The Balaban J connectivity index is 1.64. The van der Waals surface area contributed by atoms with Crippen LogP contribution in [-0.2, 0) is 17.6 Å². The van der Waals surface area contributed by atoms with Gasteiger partial charge in [0, 0.05) is 11.0 Å². The van der Waals surface area contributed by atoms with Gasteiger partial charge in [-0.1, -0.05) is 12.1 Å². The summed E-state index contributed by atoms with van der Waals surface area (Å²) in [5, 5.41) is 3.55. The van der Waals surface area contributed by atoms with Crippen molar-refractivity contribution in [2.24, 2.45) is 0 Å². The Kier molecular flexibility index (Phi) is 4.53. The first-order valence-electron chi connectivity index (χ1n) is 7.36. The second kappa shape index (κ2) is 6.75. The number of methoxy groups -OCH3 is 1. The number of anilines is 1. The lowest BCUT2D eigenvalue weighted by atomic mass is 10.0. The number of benzene rings is 1. The molecule has 0 unspecified atom stereocenters. The van der Waals surface area contributed by atoms with Gasteiger partial charge >= 0.3 is 0 Å². The van der Waals surface area contributed by atoms with E-state index in [4.69, 9.17) is 4.74 Å². The van der Waals surface area contributed by atoms with E-state index in [0.717, 1.165) is 29.8 Å². The fourth-order valence-corrected chi connectivity index (χ4v) is 3.52. The molecule has 0 atom stereocenters. The molecule has 114 valence electrons. The summed E-state index contributed by atoms with van der Waals surface area (Å²) >= 11 is 1.59. The Morgan fingerprint density at radius 3 is 3.05 bits per heavy atom. The number of rotatable bonds is 4. The van der Waals surface area contributed by atoms with E-state index in [1.807, 2.05) is 24.3 Å². The number of hydrogen-bond acceptors (Lipinski definition) is 4. The van der Waals surface area contributed by atoms with E-state index in [1.165, 1.54) is 23.8 Å². The Morgan fingerprint density at radius 2 is 2.23 bits per heavy atom. The van der Waals surface area contributed by atoms with Crippen LogP contribution in [0.25, 0.3) is 6.08 Å². The summed E-state index contributed by atoms with van der Waals surface area (Å²) in [7, 11) is 1.62. The van der Waals surface area contributed by atoms with Gasteiger partial charge in [-0.3, -0.25) is 10.1 Å². The average molecular weight is 314 g/mol. The van der Waals surface area contributed by atoms with E-state index >= 15 is 0 Å². The van der Waals surface area contributed by atoms with Crippen LogP contribution in [0.15, 0.2) is 30.3 Å². The van der Waals surface area contributed by atoms with Gasteiger partial charge in [-0.2, -0.15) is 0 Å². The number of amides is 1. The first-order valence-corrected chi connectivity index (χ1v) is 8.18. The maximum absolute atomic E-state index is 12.0. The average Bonchev–Trinajstić information content (AvgIpc) is 2.95. The maximum Gasteiger partial charge on any atom is 0.250 e. The third kappa shape index (κ3) is 3.54. The van der Waals surface area contributed by atoms with Crippen molar-refractivity contribution >= 4 is 28.5 Å². The van der Waals surface area contributed by atoms with Gasteiger partial charge in [-0.25, -0.2) is 4.98 Å². The van der Waals surface area contributed by atoms with Crippen molar-refractivity contribution < 1.29 is 9.53 Å². The van der Waals surface area contributed by atoms with Crippen molar-refractivity contribution in [1.82, 2.24) is 4.98 Å². The number of carbonyl (C=O) groups is 1. The quantitative estimate of drug-likeness (QED) is 0.876. The second-order valence-corrected chi connectivity index (χ2v) is 6.28. The van der Waals surface area contributed by atoms with E-state index in [2.05, 4.69) is 10.3 Å². The van der Waals surface area contributed by atoms with Crippen LogP contribution >= 0.6 is 11.3 Å². The molecule has 1 aromatic carbocycles. The van der Waals surface area contributed by atoms with E-state index in [0.29, 0.717) is 5.13 Å². The lowest BCUT2D eigenvalue weighted by molar-refractivity contribution is -0.111. The van der Waals surface area contributed by atoms with Crippen LogP contribution in [0.1, 0.15) is 29.0 Å². The summed E-state index contributed by atoms with van der Waals surface area (Å²) in [5.74, 6) is 0.615. The molecule has 22 heavy (non-hydrogen) atoms. The predicted molar refractivity (Wildman–Crippen MR) is 89.4 cm³/mol. The Hall–Kier alpha value is -2.14. The molecule has 5 heteroatoms. The molecule has 0 bridgehead atoms. The van der Waals surface area contributed by atoms with Gasteiger partial charge in [-0.15, -0.1) is 11.3 Å². The lowest BCUT2D eigenvalue weighted by Gasteiger charge is -2.06. The Morgan fingerprint density at radius 1 is 1.36 bits per heavy atom. The smallest absolute Gasteiger partial charge is 0.250 e. The van der Waals surface area contributed by atoms with E-state index in [9.17, 15) is 4.79 Å². The number of fused-ring (bicyclic) bond motifs is 1. The first kappa shape index (κ1) is 14.8. The Labute approximate surface area is 133 Å². The molecule has 4 nitrogen and oxygen atoms in total. The molecule has 0 fully saturated rings. The zero-order valence-electron chi connectivity index (χ0n) is 12.5. The van der Waals surface area contributed by atoms with Gasteiger partial charge in [0.2, 0.25) is 5.91 Å². The normalized spacial score (nSPS) is 13.9. The molecule has 2 aromatic rings. The zero-order valence-corrected chi connectivity index (χ0v) is 13.3. The minimum Gasteiger partial charge on any atom is -0.497 e. The molecule has 0 spiro atoms. The summed E-state index contributed by atoms with van der Waals surface area (Å²) < 4.78 is 5.16. The number of aromatic nitrogens is 1. The first-order chi connectivity index (χ1) is 10.7. The number of ether oxygens (including phenoxy) is 1. The van der Waals surface area contributed by atoms with Crippen LogP contribution in [0.3, 0.4) is 0 Å². The molecule has 0 aliphatic heterocycles. The molecule has 1 aromatic heterocycles. The molecule has 1 amide bonds. The van der Waals surface area contributed by atoms with Gasteiger partial charge in [0.25, 0.3) is 0 Å². The second-order valence-electron chi connectivity index (χ2n) is 5.20. The highest BCUT2D eigenvalue weighted by molar-refractivity contribution is 7.15. The lowest BCUT2D eigenvalue weighted by Crippen LogP contribution is -2.07. The number of nitrogens with zero attached hydrogens (tertiary/aromatic N) is 1. The van der Waals surface area contributed by atoms with Gasteiger partial charge < -0.3 is 4.74 Å². The molecule has 1 N–H and O–H groups in total. The zero-order chi connectivity index (χ0) is 15.4. The number of nitrogens with one attached hydrogen (secondary N) is 1. The molecule has 0 saturated heterocycles. The Bertz CT molecular complexity index is 683. The highest BCUT2D eigenvalue weighted by Crippen LogP contribution is 2.29. The molecule has 0 radical (unpaired) electrons. The summed E-state index contributed by atoms with van der Waals surface area (Å²) in [6, 6.07) is 7.57. The highest BCUT2D eigenvalue weighted by atomic mass is 32.1. The number of carbonyl (C=O) groups excluding carboxylic acids is 1. The molecule has 1 heterocycles. The predicted octanol–water partition coefficient (Wildman–Crippen LogP) is 3.68. The van der Waals surface area contributed by atoms with E-state index < -0.39 is 0 Å². The van der Waals surface area contributed by atoms with E-state index in [-0.39, 0.29) is 5.91 Å². The van der Waals surface area contributed by atoms with Crippen molar-refractivity contribution in [2.75, 3.05) is 12.4 Å². The van der Waals surface area contributed by atoms with Crippen molar-refractivity contribution in [3.63, 3.8) is 0 Å². The summed E-state index contributed by atoms with van der Waals surface area (Å²) in [5.41, 5.74) is 2.08. The molecular formula is C17H18N2O2S. The van der Waals surface area contributed by atoms with Gasteiger partial charge in [0.15, 0.2) is 5.13 Å². The van der Waals surface area contributed by atoms with Crippen LogP contribution in [0.4, 0.5) is 5.13 Å². The minimum atomic E-state index is -0.158. The van der Waals surface area contributed by atoms with Gasteiger partial charge in [0.05, 0.1) is 12.8 Å². The standard InChI is InChI=1S/C17H18N2O2S/c1-21-13-6-4-5-12(11-13)9-10-16(20)19-17-18-14-7-2-3-8-15(14)22-17/h4-6,9-11H,2-3,7-8H2,1H3,(H,18,19,20). The SMILES string of the molecule is COc1cccc(C=CC(=O)Nc2nc3c(s2)CCCC3)c1. The van der Waals surface area contributed by atoms with Gasteiger partial charge in [0.1, 0.15) is 5.75 Å². The van der Waals surface area contributed by atoms with E-state index in [1.54, 1.807) is 24.5 Å². The van der Waals surface area contributed by atoms with Gasteiger partial charge in [-0.05, 0) is 49.5 Å². The molecule has 3 rings (SSSR count). The van der Waals surface area contributed by atoms with Crippen molar-refractivity contribution in [2.45, 2.75) is 25.7 Å². The minimum absolute atomic E-state index is 0.158. The van der Waals surface area contributed by atoms with Crippen LogP contribution in [0.2, 0.25) is 0 Å². The largest absolute Gasteiger partial charge is 0.497 e. The maximum atomic E-state index is 12.0. The molecule has 1 aliphatic carbocycles. The summed E-state index contributed by atoms with van der Waals surface area (Å²) in [6.45, 7) is 0. The topological polar surface area (TPSA) is 51.2 Å². The number of hydrogen-bond donors (Lipinski definition) is 1. The third-order valence-corrected chi connectivity index (χ3v) is 4.67. The number of thiazole rings is 1. The van der Waals surface area contributed by atoms with Crippen LogP contribution in [-0.4, -0.2) is 18.0 Å².